The number of aliphatic carboxylic acids is 1. The molecule has 4 atom stereocenters. The van der Waals surface area contributed by atoms with Crippen molar-refractivity contribution in [1.29, 1.82) is 0 Å². The van der Waals surface area contributed by atoms with E-state index >= 15 is 0 Å². The average Bonchev–Trinajstić information content (AvgIpc) is 3.52. The van der Waals surface area contributed by atoms with Crippen LogP contribution >= 0.6 is 0 Å². The second kappa shape index (κ2) is 16.5. The summed E-state index contributed by atoms with van der Waals surface area (Å²) in [6.07, 6.45) is 0.192. The van der Waals surface area contributed by atoms with Crippen molar-refractivity contribution in [2.45, 2.75) is 69.8 Å². The summed E-state index contributed by atoms with van der Waals surface area (Å²) in [6.45, 7) is 5.21. The van der Waals surface area contributed by atoms with Crippen molar-refractivity contribution in [3.05, 3.63) is 125 Å². The minimum absolute atomic E-state index is 0.0252. The van der Waals surface area contributed by atoms with Crippen LogP contribution in [0.1, 0.15) is 67.3 Å². The normalized spacial score (nSPS) is 22.6. The highest BCUT2D eigenvalue weighted by Crippen LogP contribution is 2.43. The van der Waals surface area contributed by atoms with E-state index in [4.69, 9.17) is 14.6 Å². The third-order valence-corrected chi connectivity index (χ3v) is 11.1. The van der Waals surface area contributed by atoms with Crippen molar-refractivity contribution in [3.63, 3.8) is 0 Å². The summed E-state index contributed by atoms with van der Waals surface area (Å²) in [5.74, 6) is -1.17. The van der Waals surface area contributed by atoms with E-state index in [0.29, 0.717) is 19.8 Å². The van der Waals surface area contributed by atoms with Crippen LogP contribution in [0.2, 0.25) is 0 Å². The van der Waals surface area contributed by atoms with Gasteiger partial charge in [-0.2, -0.15) is 0 Å². The minimum Gasteiger partial charge on any atom is -0.481 e. The molecule has 4 aromatic carbocycles. The first-order chi connectivity index (χ1) is 26.2. The van der Waals surface area contributed by atoms with E-state index in [0.717, 1.165) is 65.0 Å². The van der Waals surface area contributed by atoms with Crippen LogP contribution in [0, 0.1) is 5.92 Å². The Kier molecular flexibility index (Phi) is 11.4. The van der Waals surface area contributed by atoms with Gasteiger partial charge < -0.3 is 40.1 Å². The van der Waals surface area contributed by atoms with Crippen LogP contribution in [0.5, 0.6) is 0 Å². The van der Waals surface area contributed by atoms with Crippen molar-refractivity contribution in [1.82, 2.24) is 15.5 Å². The number of para-hydroxylation sites is 1. The van der Waals surface area contributed by atoms with E-state index in [2.05, 4.69) is 39.5 Å². The number of hydrogen-bond acceptors (Lipinski definition) is 8. The number of carbonyl (C=O) groups is 3. The number of anilines is 1. The monoisotopic (exact) mass is 732 g/mol. The van der Waals surface area contributed by atoms with Crippen LogP contribution in [0.4, 0.5) is 5.69 Å². The number of rotatable bonds is 12. The van der Waals surface area contributed by atoms with Crippen LogP contribution in [0.15, 0.2) is 103 Å². The first-order valence-electron chi connectivity index (χ1n) is 18.7. The molecule has 282 valence electrons. The van der Waals surface area contributed by atoms with Gasteiger partial charge in [0.25, 0.3) is 0 Å². The van der Waals surface area contributed by atoms with E-state index in [9.17, 15) is 19.5 Å². The topological polar surface area (TPSA) is 141 Å². The van der Waals surface area contributed by atoms with Gasteiger partial charge in [0.2, 0.25) is 11.8 Å². The SMILES string of the molecule is C[C@@H]1[C@H](CN2CCC3(CC2)C(=O)NCN3c2ccccc2)O[C@H](c2ccc(-c3cccc(CNC(=O)CCC(=O)O)c3)cc2)O[C@@H]1c1ccc(CO)cc1. The number of amides is 2. The molecule has 7 rings (SSSR count). The lowest BCUT2D eigenvalue weighted by Gasteiger charge is -2.46. The van der Waals surface area contributed by atoms with E-state index in [1.165, 1.54) is 0 Å². The molecule has 1 spiro atoms. The Morgan fingerprint density at radius 3 is 2.28 bits per heavy atom. The molecule has 0 saturated carbocycles. The van der Waals surface area contributed by atoms with Gasteiger partial charge in [-0.05, 0) is 58.9 Å². The fourth-order valence-electron chi connectivity index (χ4n) is 7.92. The molecule has 11 heteroatoms. The largest absolute Gasteiger partial charge is 0.481 e. The Labute approximate surface area is 315 Å². The molecule has 0 aromatic heterocycles. The van der Waals surface area contributed by atoms with E-state index in [1.807, 2.05) is 91.0 Å². The Morgan fingerprint density at radius 2 is 1.57 bits per heavy atom. The molecule has 3 aliphatic heterocycles. The summed E-state index contributed by atoms with van der Waals surface area (Å²) in [5, 5.41) is 24.4. The van der Waals surface area contributed by atoms with Crippen molar-refractivity contribution in [2.75, 3.05) is 31.2 Å². The molecule has 54 heavy (non-hydrogen) atoms. The number of ether oxygens (including phenoxy) is 2. The van der Waals surface area contributed by atoms with Crippen LogP contribution in [0.25, 0.3) is 11.1 Å². The molecule has 0 aliphatic carbocycles. The molecule has 11 nitrogen and oxygen atoms in total. The van der Waals surface area contributed by atoms with Gasteiger partial charge in [0, 0.05) is 49.8 Å². The van der Waals surface area contributed by atoms with Crippen LogP contribution in [0.3, 0.4) is 0 Å². The van der Waals surface area contributed by atoms with Crippen LogP contribution < -0.4 is 15.5 Å². The Bertz CT molecular complexity index is 1910. The highest BCUT2D eigenvalue weighted by Gasteiger charge is 2.51. The molecule has 2 amide bonds. The van der Waals surface area contributed by atoms with Crippen molar-refractivity contribution in [3.8, 4) is 11.1 Å². The molecule has 3 heterocycles. The zero-order chi connectivity index (χ0) is 37.7. The van der Waals surface area contributed by atoms with Gasteiger partial charge in [-0.15, -0.1) is 0 Å². The molecule has 3 fully saturated rings. The lowest BCUT2D eigenvalue weighted by Crippen LogP contribution is -2.57. The van der Waals surface area contributed by atoms with Crippen LogP contribution in [-0.2, 0) is 37.0 Å². The average molecular weight is 733 g/mol. The molecule has 0 unspecified atom stereocenters. The number of benzene rings is 4. The summed E-state index contributed by atoms with van der Waals surface area (Å²) >= 11 is 0. The maximum Gasteiger partial charge on any atom is 0.303 e. The van der Waals surface area contributed by atoms with Crippen molar-refractivity contribution >= 4 is 23.5 Å². The van der Waals surface area contributed by atoms with Gasteiger partial charge in [-0.25, -0.2) is 0 Å². The smallest absolute Gasteiger partial charge is 0.303 e. The molecule has 4 N–H and O–H groups in total. The summed E-state index contributed by atoms with van der Waals surface area (Å²) in [4.78, 5) is 40.8. The summed E-state index contributed by atoms with van der Waals surface area (Å²) in [5.41, 5.74) is 6.16. The predicted molar refractivity (Wildman–Crippen MR) is 204 cm³/mol. The Balaban J connectivity index is 1.06. The second-order valence-electron chi connectivity index (χ2n) is 14.6. The van der Waals surface area contributed by atoms with Gasteiger partial charge >= 0.3 is 5.97 Å². The molecule has 4 aromatic rings. The quantitative estimate of drug-likeness (QED) is 0.148. The third-order valence-electron chi connectivity index (χ3n) is 11.1. The standard InChI is InChI=1S/C43H48N4O7/c1-29-37(26-46-22-20-43(21-23-46)42(52)45-28-47(43)36-8-3-2-4-9-36)53-41(54-40(29)33-12-10-30(27-48)11-13-33)34-16-14-32(15-17-34)35-7-5-6-31(24-35)25-44-38(49)18-19-39(50)51/h2-17,24,29,37,40-41,48H,18-23,25-28H2,1H3,(H,44,49)(H,45,52)(H,50,51)/t29-,37+,40+,41+/m1/s1. The fourth-order valence-corrected chi connectivity index (χ4v) is 7.92. The summed E-state index contributed by atoms with van der Waals surface area (Å²) in [7, 11) is 0. The highest BCUT2D eigenvalue weighted by molar-refractivity contribution is 5.93. The minimum atomic E-state index is -0.997. The predicted octanol–water partition coefficient (Wildman–Crippen LogP) is 5.55. The fraction of sp³-hybridized carbons (Fsp3) is 0.372. The first-order valence-corrected chi connectivity index (χ1v) is 18.7. The van der Waals surface area contributed by atoms with Gasteiger partial charge in [0.05, 0.1) is 31.9 Å². The van der Waals surface area contributed by atoms with Gasteiger partial charge in [0.1, 0.15) is 5.54 Å². The summed E-state index contributed by atoms with van der Waals surface area (Å²) in [6, 6.07) is 34.1. The van der Waals surface area contributed by atoms with Crippen LogP contribution in [-0.4, -0.2) is 70.8 Å². The third kappa shape index (κ3) is 8.19. The van der Waals surface area contributed by atoms with Crippen molar-refractivity contribution < 1.29 is 34.1 Å². The number of carbonyl (C=O) groups excluding carboxylic acids is 2. The number of carboxylic acid groups (broad SMARTS) is 1. The zero-order valence-electron chi connectivity index (χ0n) is 30.5. The lowest BCUT2D eigenvalue weighted by atomic mass is 9.84. The molecule has 3 saturated heterocycles. The molecule has 3 aliphatic rings. The first kappa shape index (κ1) is 37.3. The van der Waals surface area contributed by atoms with E-state index in [-0.39, 0.29) is 49.4 Å². The second-order valence-corrected chi connectivity index (χ2v) is 14.6. The van der Waals surface area contributed by atoms with E-state index in [1.54, 1.807) is 0 Å². The van der Waals surface area contributed by atoms with E-state index < -0.39 is 17.8 Å². The maximum atomic E-state index is 13.3. The zero-order valence-corrected chi connectivity index (χ0v) is 30.5. The number of piperidine rings is 1. The Hall–Kier alpha value is -5.07. The molecule has 0 bridgehead atoms. The number of nitrogens with zero attached hydrogens (tertiary/aromatic N) is 2. The number of aliphatic hydroxyl groups is 1. The Morgan fingerprint density at radius 1 is 0.852 bits per heavy atom. The highest BCUT2D eigenvalue weighted by atomic mass is 16.7. The molecular formula is C43H48N4O7. The molecule has 0 radical (unpaired) electrons. The van der Waals surface area contributed by atoms with Crippen molar-refractivity contribution in [2.24, 2.45) is 5.92 Å². The number of likely N-dealkylation sites (tertiary alicyclic amines) is 1. The lowest BCUT2D eigenvalue weighted by molar-refractivity contribution is -0.276. The van der Waals surface area contributed by atoms with Gasteiger partial charge in [0.15, 0.2) is 6.29 Å². The number of nitrogens with one attached hydrogen (secondary N) is 2. The summed E-state index contributed by atoms with van der Waals surface area (Å²) < 4.78 is 13.5. The maximum absolute atomic E-state index is 13.3. The number of hydrogen-bond donors (Lipinski definition) is 4. The molecular weight excluding hydrogens is 684 g/mol. The number of aliphatic hydroxyl groups excluding tert-OH is 1. The van der Waals surface area contributed by atoms with Gasteiger partial charge in [-0.1, -0.05) is 91.9 Å². The number of carboxylic acids is 1. The van der Waals surface area contributed by atoms with Gasteiger partial charge in [-0.3, -0.25) is 14.4 Å².